The summed E-state index contributed by atoms with van der Waals surface area (Å²) in [6, 6.07) is 2.32. The molecule has 1 aromatic heterocycles. The Morgan fingerprint density at radius 1 is 1.33 bits per heavy atom. The van der Waals surface area contributed by atoms with Crippen molar-refractivity contribution >= 4 is 10.9 Å². The Kier molecular flexibility index (Phi) is 1.19. The van der Waals surface area contributed by atoms with Gasteiger partial charge in [-0.2, -0.15) is 5.10 Å². The van der Waals surface area contributed by atoms with Gasteiger partial charge in [-0.3, -0.25) is 5.10 Å². The fourth-order valence-corrected chi connectivity index (χ4v) is 3.41. The van der Waals surface area contributed by atoms with Crippen LogP contribution in [0.3, 0.4) is 0 Å². The van der Waals surface area contributed by atoms with Gasteiger partial charge in [0.2, 0.25) is 0 Å². The zero-order chi connectivity index (χ0) is 10.0. The Hall–Kier alpha value is -1.31. The summed E-state index contributed by atoms with van der Waals surface area (Å²) in [7, 11) is 0. The van der Waals surface area contributed by atoms with E-state index in [0.29, 0.717) is 5.41 Å². The van der Waals surface area contributed by atoms with Gasteiger partial charge in [-0.15, -0.1) is 0 Å². The lowest BCUT2D eigenvalue weighted by Crippen LogP contribution is -2.02. The van der Waals surface area contributed by atoms with Crippen LogP contribution < -0.4 is 0 Å². The third-order valence-corrected chi connectivity index (χ3v) is 4.34. The Balaban J connectivity index is 2.14. The molecule has 4 rings (SSSR count). The van der Waals surface area contributed by atoms with Gasteiger partial charge in [0.25, 0.3) is 0 Å². The van der Waals surface area contributed by atoms with Gasteiger partial charge in [-0.05, 0) is 60.8 Å². The molecule has 1 spiro atoms. The quantitative estimate of drug-likeness (QED) is 0.692. The fraction of sp³-hybridized carbons (Fsp3) is 0.462. The van der Waals surface area contributed by atoms with Gasteiger partial charge in [0.05, 0.1) is 11.7 Å². The van der Waals surface area contributed by atoms with Crippen LogP contribution in [0.4, 0.5) is 0 Å². The van der Waals surface area contributed by atoms with Crippen molar-refractivity contribution in [1.29, 1.82) is 0 Å². The average molecular weight is 198 g/mol. The highest BCUT2D eigenvalue weighted by Gasteiger charge is 2.49. The van der Waals surface area contributed by atoms with Crippen LogP contribution in [0.1, 0.15) is 36.0 Å². The topological polar surface area (TPSA) is 28.7 Å². The first-order valence-electron chi connectivity index (χ1n) is 5.76. The summed E-state index contributed by atoms with van der Waals surface area (Å²) >= 11 is 0. The molecule has 76 valence electrons. The van der Waals surface area contributed by atoms with Crippen molar-refractivity contribution in [3.05, 3.63) is 29.0 Å². The van der Waals surface area contributed by atoms with Crippen molar-refractivity contribution in [2.24, 2.45) is 0 Å². The third kappa shape index (κ3) is 0.834. The summed E-state index contributed by atoms with van der Waals surface area (Å²) in [6.45, 7) is 2.27. The van der Waals surface area contributed by atoms with E-state index in [1.54, 1.807) is 11.1 Å². The normalized spacial score (nSPS) is 21.1. The van der Waals surface area contributed by atoms with Crippen LogP contribution in [0.2, 0.25) is 0 Å². The van der Waals surface area contributed by atoms with Crippen LogP contribution in [0.5, 0.6) is 0 Å². The Labute approximate surface area is 88.7 Å². The van der Waals surface area contributed by atoms with E-state index in [0.717, 1.165) is 0 Å². The van der Waals surface area contributed by atoms with Crippen LogP contribution in [0.15, 0.2) is 12.3 Å². The number of hydrogen-bond acceptors (Lipinski definition) is 1. The number of rotatable bonds is 0. The molecule has 2 aliphatic rings. The van der Waals surface area contributed by atoms with E-state index < -0.39 is 0 Å². The number of H-pyrrole nitrogens is 1. The van der Waals surface area contributed by atoms with Gasteiger partial charge < -0.3 is 0 Å². The molecule has 0 saturated heterocycles. The maximum absolute atomic E-state index is 4.15. The summed E-state index contributed by atoms with van der Waals surface area (Å²) in [5.74, 6) is 0. The van der Waals surface area contributed by atoms with E-state index in [2.05, 4.69) is 23.2 Å². The first-order chi connectivity index (χ1) is 7.30. The molecule has 1 N–H and O–H groups in total. The molecule has 1 heterocycles. The van der Waals surface area contributed by atoms with Crippen LogP contribution in [-0.2, 0) is 11.8 Å². The molecule has 2 nitrogen and oxygen atoms in total. The lowest BCUT2D eigenvalue weighted by atomic mass is 9.92. The van der Waals surface area contributed by atoms with Gasteiger partial charge >= 0.3 is 0 Å². The van der Waals surface area contributed by atoms with Crippen molar-refractivity contribution in [2.45, 2.75) is 38.0 Å². The molecule has 0 unspecified atom stereocenters. The molecule has 0 radical (unpaired) electrons. The number of aromatic amines is 1. The van der Waals surface area contributed by atoms with Crippen molar-refractivity contribution in [2.75, 3.05) is 0 Å². The second-order valence-corrected chi connectivity index (χ2v) is 5.15. The number of nitrogens with one attached hydrogen (secondary N) is 1. The zero-order valence-corrected chi connectivity index (χ0v) is 8.93. The van der Waals surface area contributed by atoms with Gasteiger partial charge in [-0.25, -0.2) is 0 Å². The minimum absolute atomic E-state index is 0.588. The molecule has 2 heteroatoms. The van der Waals surface area contributed by atoms with Gasteiger partial charge in [0, 0.05) is 5.39 Å². The third-order valence-electron chi connectivity index (χ3n) is 4.34. The molecular formula is C13H14N2. The number of fused-ring (bicyclic) bond motifs is 3. The minimum Gasteiger partial charge on any atom is -0.278 e. The molecule has 1 fully saturated rings. The monoisotopic (exact) mass is 198 g/mol. The Morgan fingerprint density at radius 3 is 3.00 bits per heavy atom. The molecule has 1 saturated carbocycles. The summed E-state index contributed by atoms with van der Waals surface area (Å²) in [4.78, 5) is 0. The Bertz CT molecular complexity index is 561. The maximum Gasteiger partial charge on any atom is 0.0655 e. The van der Waals surface area contributed by atoms with E-state index in [1.165, 1.54) is 42.1 Å². The minimum atomic E-state index is 0.588. The van der Waals surface area contributed by atoms with Gasteiger partial charge in [0.15, 0.2) is 0 Å². The summed E-state index contributed by atoms with van der Waals surface area (Å²) in [6.07, 6.45) is 7.43. The standard InChI is InChI=1S/C13H14N2/c1-8-10-7-14-15-11(10)6-9-2-3-13(4-5-13)12(8)9/h6-7H,2-5H2,1H3,(H,14,15). The number of hydrogen-bond donors (Lipinski definition) is 1. The maximum atomic E-state index is 4.15. The van der Waals surface area contributed by atoms with Crippen LogP contribution in [-0.4, -0.2) is 10.2 Å². The van der Waals surface area contributed by atoms with E-state index in [1.807, 2.05) is 6.20 Å². The van der Waals surface area contributed by atoms with Crippen molar-refractivity contribution in [3.8, 4) is 0 Å². The molecular weight excluding hydrogens is 184 g/mol. The van der Waals surface area contributed by atoms with E-state index in [-0.39, 0.29) is 0 Å². The number of aromatic nitrogens is 2. The molecule has 0 bridgehead atoms. The van der Waals surface area contributed by atoms with Gasteiger partial charge in [-0.1, -0.05) is 0 Å². The molecule has 0 atom stereocenters. The number of benzene rings is 1. The lowest BCUT2D eigenvalue weighted by Gasteiger charge is -2.12. The molecule has 1 aromatic carbocycles. The Morgan fingerprint density at radius 2 is 2.20 bits per heavy atom. The highest BCUT2D eigenvalue weighted by molar-refractivity contribution is 5.85. The molecule has 0 amide bonds. The van der Waals surface area contributed by atoms with Crippen LogP contribution >= 0.6 is 0 Å². The van der Waals surface area contributed by atoms with Gasteiger partial charge in [0.1, 0.15) is 0 Å². The first-order valence-corrected chi connectivity index (χ1v) is 5.76. The van der Waals surface area contributed by atoms with Crippen molar-refractivity contribution < 1.29 is 0 Å². The average Bonchev–Trinajstić information content (AvgIpc) is 2.71. The molecule has 0 aliphatic heterocycles. The lowest BCUT2D eigenvalue weighted by molar-refractivity contribution is 0.678. The zero-order valence-electron chi connectivity index (χ0n) is 8.93. The number of nitrogens with zero attached hydrogens (tertiary/aromatic N) is 1. The molecule has 15 heavy (non-hydrogen) atoms. The summed E-state index contributed by atoms with van der Waals surface area (Å²) in [5, 5.41) is 8.55. The second kappa shape index (κ2) is 2.26. The molecule has 2 aromatic rings. The van der Waals surface area contributed by atoms with E-state index in [9.17, 15) is 0 Å². The highest BCUT2D eigenvalue weighted by atomic mass is 15.1. The smallest absolute Gasteiger partial charge is 0.0655 e. The van der Waals surface area contributed by atoms with Crippen LogP contribution in [0.25, 0.3) is 10.9 Å². The van der Waals surface area contributed by atoms with E-state index in [4.69, 9.17) is 0 Å². The van der Waals surface area contributed by atoms with Crippen molar-refractivity contribution in [3.63, 3.8) is 0 Å². The predicted molar refractivity (Wildman–Crippen MR) is 60.1 cm³/mol. The highest BCUT2D eigenvalue weighted by Crippen LogP contribution is 2.58. The second-order valence-electron chi connectivity index (χ2n) is 5.15. The largest absolute Gasteiger partial charge is 0.278 e. The van der Waals surface area contributed by atoms with Crippen molar-refractivity contribution in [1.82, 2.24) is 10.2 Å². The SMILES string of the molecule is Cc1c2c(cc3[nH]ncc13)CCC21CC1. The number of aryl methyl sites for hydroxylation is 2. The summed E-state index contributed by atoms with van der Waals surface area (Å²) in [5.41, 5.74) is 6.51. The van der Waals surface area contributed by atoms with E-state index >= 15 is 0 Å². The fourth-order valence-electron chi connectivity index (χ4n) is 3.41. The first kappa shape index (κ1) is 7.91. The summed E-state index contributed by atoms with van der Waals surface area (Å²) < 4.78 is 0. The molecule has 2 aliphatic carbocycles. The predicted octanol–water partition coefficient (Wildman–Crippen LogP) is 2.85. The van der Waals surface area contributed by atoms with Crippen LogP contribution in [0, 0.1) is 6.92 Å².